The van der Waals surface area contributed by atoms with Crippen molar-refractivity contribution >= 4 is 29.0 Å². The van der Waals surface area contributed by atoms with Gasteiger partial charge >= 0.3 is 0 Å². The fraction of sp³-hybridized carbons (Fsp3) is 0.150. The molecular formula is C20H19F2N5O. The second-order valence-electron chi connectivity index (χ2n) is 6.37. The lowest BCUT2D eigenvalue weighted by molar-refractivity contribution is 0.102. The van der Waals surface area contributed by atoms with Crippen LogP contribution in [0.1, 0.15) is 16.1 Å². The van der Waals surface area contributed by atoms with Gasteiger partial charge in [-0.05, 0) is 49.4 Å². The normalized spacial score (nSPS) is 10.5. The van der Waals surface area contributed by atoms with E-state index in [0.29, 0.717) is 11.6 Å². The second-order valence-corrected chi connectivity index (χ2v) is 6.37. The first-order chi connectivity index (χ1) is 13.3. The highest BCUT2D eigenvalue weighted by molar-refractivity contribution is 6.04. The molecule has 8 heteroatoms. The zero-order valence-electron chi connectivity index (χ0n) is 15.6. The summed E-state index contributed by atoms with van der Waals surface area (Å²) in [5.74, 6) is -1.35. The van der Waals surface area contributed by atoms with Gasteiger partial charge < -0.3 is 15.5 Å². The number of nitrogens with zero attached hydrogens (tertiary/aromatic N) is 3. The van der Waals surface area contributed by atoms with Gasteiger partial charge in [-0.25, -0.2) is 13.8 Å². The second kappa shape index (κ2) is 7.99. The lowest BCUT2D eigenvalue weighted by Gasteiger charge is -2.14. The van der Waals surface area contributed by atoms with Crippen molar-refractivity contribution in [2.75, 3.05) is 29.6 Å². The van der Waals surface area contributed by atoms with Crippen LogP contribution in [0.4, 0.5) is 31.9 Å². The molecule has 1 amide bonds. The number of carbonyl (C=O) groups excluding carboxylic acids is 1. The molecule has 0 spiro atoms. The number of carbonyl (C=O) groups is 1. The van der Waals surface area contributed by atoms with Crippen LogP contribution in [-0.2, 0) is 0 Å². The van der Waals surface area contributed by atoms with Crippen molar-refractivity contribution < 1.29 is 13.6 Å². The summed E-state index contributed by atoms with van der Waals surface area (Å²) in [6.45, 7) is 1.89. The fourth-order valence-corrected chi connectivity index (χ4v) is 2.44. The van der Waals surface area contributed by atoms with E-state index in [1.165, 1.54) is 6.07 Å². The molecule has 3 rings (SSSR count). The number of halogens is 2. The molecule has 0 atom stereocenters. The molecule has 3 aromatic rings. The molecule has 0 radical (unpaired) electrons. The van der Waals surface area contributed by atoms with Gasteiger partial charge in [0.25, 0.3) is 5.91 Å². The maximum absolute atomic E-state index is 13.3. The topological polar surface area (TPSA) is 70.2 Å². The maximum atomic E-state index is 13.3. The fourth-order valence-electron chi connectivity index (χ4n) is 2.44. The zero-order chi connectivity index (χ0) is 20.3. The van der Waals surface area contributed by atoms with Gasteiger partial charge in [-0.1, -0.05) is 0 Å². The third kappa shape index (κ3) is 4.59. The third-order valence-electron chi connectivity index (χ3n) is 3.88. The SMILES string of the molecule is Cc1cc(N(C)C)nc(Nc2ccc(NC(=O)c3ccc(F)c(F)c3)cc2)n1. The Kier molecular flexibility index (Phi) is 5.49. The molecule has 2 N–H and O–H groups in total. The van der Waals surface area contributed by atoms with E-state index in [1.54, 1.807) is 24.3 Å². The standard InChI is InChI=1S/C20H19F2N5O/c1-12-10-18(27(2)3)26-20(23-12)25-15-7-5-14(6-8-15)24-19(28)13-4-9-16(21)17(22)11-13/h4-11H,1-3H3,(H,24,28)(H,23,25,26). The molecule has 0 unspecified atom stereocenters. The van der Waals surface area contributed by atoms with Gasteiger partial charge in [0.1, 0.15) is 5.82 Å². The Morgan fingerprint density at radius 3 is 2.25 bits per heavy atom. The Labute approximate surface area is 161 Å². The van der Waals surface area contributed by atoms with E-state index in [2.05, 4.69) is 20.6 Å². The molecule has 1 heterocycles. The first-order valence-electron chi connectivity index (χ1n) is 8.48. The highest BCUT2D eigenvalue weighted by Gasteiger charge is 2.10. The van der Waals surface area contributed by atoms with Crippen molar-refractivity contribution in [1.82, 2.24) is 9.97 Å². The average Bonchev–Trinajstić information content (AvgIpc) is 2.65. The van der Waals surface area contributed by atoms with Crippen molar-refractivity contribution in [1.29, 1.82) is 0 Å². The van der Waals surface area contributed by atoms with Gasteiger partial charge in [0.2, 0.25) is 5.95 Å². The number of amides is 1. The number of aromatic nitrogens is 2. The van der Waals surface area contributed by atoms with Crippen molar-refractivity contribution in [2.24, 2.45) is 0 Å². The third-order valence-corrected chi connectivity index (χ3v) is 3.88. The minimum atomic E-state index is -1.07. The van der Waals surface area contributed by atoms with Crippen molar-refractivity contribution in [3.05, 3.63) is 71.4 Å². The first kappa shape index (κ1) is 19.2. The lowest BCUT2D eigenvalue weighted by atomic mass is 10.2. The molecule has 0 aliphatic carbocycles. The molecule has 0 bridgehead atoms. The molecule has 1 aromatic heterocycles. The summed E-state index contributed by atoms with van der Waals surface area (Å²) in [6, 6.07) is 11.7. The number of benzene rings is 2. The predicted octanol–water partition coefficient (Wildman–Crippen LogP) is 4.13. The van der Waals surface area contributed by atoms with Gasteiger partial charge in [-0.3, -0.25) is 4.79 Å². The van der Waals surface area contributed by atoms with Gasteiger partial charge in [0, 0.05) is 42.8 Å². The smallest absolute Gasteiger partial charge is 0.255 e. The van der Waals surface area contributed by atoms with Gasteiger partial charge in [0.05, 0.1) is 0 Å². The van der Waals surface area contributed by atoms with Crippen LogP contribution in [-0.4, -0.2) is 30.0 Å². The summed E-state index contributed by atoms with van der Waals surface area (Å²) in [4.78, 5) is 22.8. The van der Waals surface area contributed by atoms with Gasteiger partial charge in [0.15, 0.2) is 11.6 Å². The molecule has 2 aromatic carbocycles. The number of rotatable bonds is 5. The van der Waals surface area contributed by atoms with E-state index in [9.17, 15) is 13.6 Å². The van der Waals surface area contributed by atoms with E-state index in [4.69, 9.17) is 0 Å². The minimum absolute atomic E-state index is 0.0328. The van der Waals surface area contributed by atoms with Crippen LogP contribution >= 0.6 is 0 Å². The lowest BCUT2D eigenvalue weighted by Crippen LogP contribution is -2.13. The number of hydrogen-bond donors (Lipinski definition) is 2. The predicted molar refractivity (Wildman–Crippen MR) is 105 cm³/mol. The summed E-state index contributed by atoms with van der Waals surface area (Å²) in [5, 5.41) is 5.75. The Balaban J connectivity index is 1.70. The molecule has 144 valence electrons. The summed E-state index contributed by atoms with van der Waals surface area (Å²) in [5.41, 5.74) is 2.11. The summed E-state index contributed by atoms with van der Waals surface area (Å²) >= 11 is 0. The van der Waals surface area contributed by atoms with Gasteiger partial charge in [-0.2, -0.15) is 4.98 Å². The highest BCUT2D eigenvalue weighted by Crippen LogP contribution is 2.20. The maximum Gasteiger partial charge on any atom is 0.255 e. The van der Waals surface area contributed by atoms with Crippen molar-refractivity contribution in [2.45, 2.75) is 6.92 Å². The van der Waals surface area contributed by atoms with Crippen LogP contribution in [0.15, 0.2) is 48.5 Å². The van der Waals surface area contributed by atoms with E-state index in [-0.39, 0.29) is 5.56 Å². The Hall–Kier alpha value is -3.55. The zero-order valence-corrected chi connectivity index (χ0v) is 15.6. The number of aryl methyl sites for hydroxylation is 1. The largest absolute Gasteiger partial charge is 0.363 e. The molecule has 6 nitrogen and oxygen atoms in total. The monoisotopic (exact) mass is 383 g/mol. The average molecular weight is 383 g/mol. The van der Waals surface area contributed by atoms with E-state index in [0.717, 1.165) is 29.3 Å². The first-order valence-corrected chi connectivity index (χ1v) is 8.48. The molecule has 0 fully saturated rings. The molecule has 0 aliphatic rings. The molecule has 0 saturated carbocycles. The van der Waals surface area contributed by atoms with Crippen LogP contribution in [0, 0.1) is 18.6 Å². The van der Waals surface area contributed by atoms with Crippen LogP contribution < -0.4 is 15.5 Å². The van der Waals surface area contributed by atoms with Gasteiger partial charge in [-0.15, -0.1) is 0 Å². The highest BCUT2D eigenvalue weighted by atomic mass is 19.2. The van der Waals surface area contributed by atoms with E-state index >= 15 is 0 Å². The molecule has 0 saturated heterocycles. The quantitative estimate of drug-likeness (QED) is 0.693. The van der Waals surface area contributed by atoms with Crippen LogP contribution in [0.2, 0.25) is 0 Å². The van der Waals surface area contributed by atoms with E-state index < -0.39 is 17.5 Å². The number of hydrogen-bond acceptors (Lipinski definition) is 5. The van der Waals surface area contributed by atoms with Crippen molar-refractivity contribution in [3.63, 3.8) is 0 Å². The van der Waals surface area contributed by atoms with Crippen LogP contribution in [0.25, 0.3) is 0 Å². The molecular weight excluding hydrogens is 364 g/mol. The Morgan fingerprint density at radius 2 is 1.61 bits per heavy atom. The minimum Gasteiger partial charge on any atom is -0.363 e. The number of nitrogens with one attached hydrogen (secondary N) is 2. The summed E-state index contributed by atoms with van der Waals surface area (Å²) in [6.07, 6.45) is 0. The van der Waals surface area contributed by atoms with Crippen LogP contribution in [0.5, 0.6) is 0 Å². The Morgan fingerprint density at radius 1 is 0.929 bits per heavy atom. The molecule has 28 heavy (non-hydrogen) atoms. The number of anilines is 4. The summed E-state index contributed by atoms with van der Waals surface area (Å²) < 4.78 is 26.2. The van der Waals surface area contributed by atoms with Crippen LogP contribution in [0.3, 0.4) is 0 Å². The van der Waals surface area contributed by atoms with Crippen molar-refractivity contribution in [3.8, 4) is 0 Å². The van der Waals surface area contributed by atoms with E-state index in [1.807, 2.05) is 32.0 Å². The Bertz CT molecular complexity index is 1010. The molecule has 0 aliphatic heterocycles. The summed E-state index contributed by atoms with van der Waals surface area (Å²) in [7, 11) is 3.80.